The highest BCUT2D eigenvalue weighted by Crippen LogP contribution is 2.13. The van der Waals surface area contributed by atoms with Crippen molar-refractivity contribution in [3.8, 4) is 5.75 Å². The van der Waals surface area contributed by atoms with Crippen LogP contribution in [0.5, 0.6) is 5.75 Å². The quantitative estimate of drug-likeness (QED) is 0.524. The summed E-state index contributed by atoms with van der Waals surface area (Å²) >= 11 is 2.30. The number of unbranched alkanes of at least 4 members (excludes halogenated alkanes) is 1. The van der Waals surface area contributed by atoms with Gasteiger partial charge in [-0.15, -0.1) is 0 Å². The lowest BCUT2D eigenvalue weighted by Gasteiger charge is -2.17. The molecule has 0 aliphatic heterocycles. The van der Waals surface area contributed by atoms with E-state index in [-0.39, 0.29) is 0 Å². The Kier molecular flexibility index (Phi) is 7.60. The number of halogens is 1. The smallest absolute Gasteiger partial charge is 0.119 e. The average molecular weight is 347 g/mol. The van der Waals surface area contributed by atoms with Crippen molar-refractivity contribution in [1.29, 1.82) is 0 Å². The van der Waals surface area contributed by atoms with E-state index in [1.165, 1.54) is 16.5 Å². The first-order chi connectivity index (χ1) is 8.26. The molecule has 96 valence electrons. The highest BCUT2D eigenvalue weighted by Gasteiger charge is 1.98. The van der Waals surface area contributed by atoms with E-state index in [0.29, 0.717) is 0 Å². The van der Waals surface area contributed by atoms with Gasteiger partial charge in [-0.25, -0.2) is 0 Å². The first-order valence-corrected chi connectivity index (χ1v) is 7.44. The maximum absolute atomic E-state index is 5.69. The molecule has 0 spiro atoms. The zero-order valence-electron chi connectivity index (χ0n) is 10.8. The molecule has 0 aromatic heterocycles. The number of hydrogen-bond donors (Lipinski definition) is 0. The fourth-order valence-electron chi connectivity index (χ4n) is 1.70. The predicted octanol–water partition coefficient (Wildman–Crippen LogP) is 3.79. The summed E-state index contributed by atoms with van der Waals surface area (Å²) in [6.07, 6.45) is 2.34. The maximum atomic E-state index is 5.69. The Morgan fingerprint density at radius 3 is 2.29 bits per heavy atom. The van der Waals surface area contributed by atoms with E-state index in [1.807, 2.05) is 12.1 Å². The summed E-state index contributed by atoms with van der Waals surface area (Å²) in [5.41, 5.74) is 0. The van der Waals surface area contributed by atoms with Crippen molar-refractivity contribution in [1.82, 2.24) is 4.90 Å². The van der Waals surface area contributed by atoms with Crippen molar-refractivity contribution in [3.63, 3.8) is 0 Å². The summed E-state index contributed by atoms with van der Waals surface area (Å²) in [5, 5.41) is 0. The third-order valence-electron chi connectivity index (χ3n) is 2.85. The molecule has 1 aromatic rings. The molecule has 0 fully saturated rings. The molecule has 0 saturated heterocycles. The molecule has 0 aliphatic rings. The van der Waals surface area contributed by atoms with Gasteiger partial charge in [0.25, 0.3) is 0 Å². The van der Waals surface area contributed by atoms with Crippen LogP contribution in [0.2, 0.25) is 0 Å². The van der Waals surface area contributed by atoms with Crippen LogP contribution in [-0.2, 0) is 0 Å². The zero-order chi connectivity index (χ0) is 12.5. The van der Waals surface area contributed by atoms with Crippen LogP contribution in [0.4, 0.5) is 0 Å². The Bertz CT molecular complexity index is 296. The van der Waals surface area contributed by atoms with Gasteiger partial charge in [0.1, 0.15) is 5.75 Å². The number of ether oxygens (including phenoxy) is 1. The second-order valence-electron chi connectivity index (χ2n) is 4.04. The molecule has 0 unspecified atom stereocenters. The predicted molar refractivity (Wildman–Crippen MR) is 81.7 cm³/mol. The molecular weight excluding hydrogens is 325 g/mol. The minimum absolute atomic E-state index is 0.821. The van der Waals surface area contributed by atoms with E-state index < -0.39 is 0 Å². The minimum Gasteiger partial charge on any atom is -0.494 e. The first-order valence-electron chi connectivity index (χ1n) is 6.37. The summed E-state index contributed by atoms with van der Waals surface area (Å²) in [7, 11) is 0. The van der Waals surface area contributed by atoms with E-state index in [4.69, 9.17) is 4.74 Å². The Morgan fingerprint density at radius 1 is 1.06 bits per heavy atom. The Labute approximate surface area is 118 Å². The Hall–Kier alpha value is -0.290. The van der Waals surface area contributed by atoms with Gasteiger partial charge >= 0.3 is 0 Å². The number of benzene rings is 1. The van der Waals surface area contributed by atoms with E-state index >= 15 is 0 Å². The molecule has 0 amide bonds. The van der Waals surface area contributed by atoms with E-state index in [2.05, 4.69) is 53.5 Å². The zero-order valence-corrected chi connectivity index (χ0v) is 12.9. The van der Waals surface area contributed by atoms with Crippen LogP contribution in [0.3, 0.4) is 0 Å². The van der Waals surface area contributed by atoms with Crippen molar-refractivity contribution >= 4 is 22.6 Å². The molecule has 3 heteroatoms. The number of nitrogens with zero attached hydrogens (tertiary/aromatic N) is 1. The van der Waals surface area contributed by atoms with Crippen LogP contribution in [0.15, 0.2) is 24.3 Å². The van der Waals surface area contributed by atoms with Crippen LogP contribution in [0.1, 0.15) is 26.7 Å². The van der Waals surface area contributed by atoms with E-state index in [0.717, 1.165) is 31.9 Å². The van der Waals surface area contributed by atoms with Crippen LogP contribution in [-0.4, -0.2) is 31.1 Å². The molecule has 2 nitrogen and oxygen atoms in total. The highest BCUT2D eigenvalue weighted by atomic mass is 127. The molecule has 0 N–H and O–H groups in total. The Morgan fingerprint density at radius 2 is 1.71 bits per heavy atom. The van der Waals surface area contributed by atoms with Gasteiger partial charge in [-0.1, -0.05) is 13.8 Å². The minimum atomic E-state index is 0.821. The van der Waals surface area contributed by atoms with Crippen molar-refractivity contribution in [2.45, 2.75) is 26.7 Å². The molecule has 0 bridgehead atoms. The molecule has 1 aromatic carbocycles. The summed E-state index contributed by atoms with van der Waals surface area (Å²) < 4.78 is 6.93. The summed E-state index contributed by atoms with van der Waals surface area (Å²) in [6, 6.07) is 8.22. The summed E-state index contributed by atoms with van der Waals surface area (Å²) in [5.74, 6) is 0.980. The van der Waals surface area contributed by atoms with Crippen LogP contribution < -0.4 is 4.74 Å². The van der Waals surface area contributed by atoms with Crippen molar-refractivity contribution in [2.75, 3.05) is 26.2 Å². The molecule has 0 aliphatic carbocycles. The van der Waals surface area contributed by atoms with Crippen molar-refractivity contribution < 1.29 is 4.74 Å². The van der Waals surface area contributed by atoms with Gasteiger partial charge in [-0.2, -0.15) is 0 Å². The third kappa shape index (κ3) is 6.27. The molecule has 17 heavy (non-hydrogen) atoms. The topological polar surface area (TPSA) is 12.5 Å². The molecule has 0 radical (unpaired) electrons. The SMILES string of the molecule is CCN(CC)CCCCOc1ccc(I)cc1. The van der Waals surface area contributed by atoms with Gasteiger partial charge in [0.05, 0.1) is 6.61 Å². The normalized spacial score (nSPS) is 10.8. The second kappa shape index (κ2) is 8.75. The standard InChI is InChI=1S/C14H22INO/c1-3-16(4-2)11-5-6-12-17-14-9-7-13(15)8-10-14/h7-10H,3-6,11-12H2,1-2H3. The summed E-state index contributed by atoms with van der Waals surface area (Å²) in [4.78, 5) is 2.45. The number of hydrogen-bond acceptors (Lipinski definition) is 2. The van der Waals surface area contributed by atoms with Gasteiger partial charge in [-0.3, -0.25) is 0 Å². The molecule has 0 atom stereocenters. The monoisotopic (exact) mass is 347 g/mol. The van der Waals surface area contributed by atoms with E-state index in [9.17, 15) is 0 Å². The highest BCUT2D eigenvalue weighted by molar-refractivity contribution is 14.1. The van der Waals surface area contributed by atoms with Crippen molar-refractivity contribution in [3.05, 3.63) is 27.8 Å². The van der Waals surface area contributed by atoms with Crippen LogP contribution in [0, 0.1) is 3.57 Å². The third-order valence-corrected chi connectivity index (χ3v) is 3.56. The Balaban J connectivity index is 2.10. The van der Waals surface area contributed by atoms with Gasteiger partial charge in [0, 0.05) is 3.57 Å². The molecule has 0 heterocycles. The summed E-state index contributed by atoms with van der Waals surface area (Å²) in [6.45, 7) is 8.73. The fourth-order valence-corrected chi connectivity index (χ4v) is 2.06. The average Bonchev–Trinajstić information content (AvgIpc) is 2.36. The molecule has 0 saturated carbocycles. The maximum Gasteiger partial charge on any atom is 0.119 e. The van der Waals surface area contributed by atoms with Crippen LogP contribution in [0.25, 0.3) is 0 Å². The van der Waals surface area contributed by atoms with Gasteiger partial charge < -0.3 is 9.64 Å². The lowest BCUT2D eigenvalue weighted by atomic mass is 10.3. The first kappa shape index (κ1) is 14.8. The van der Waals surface area contributed by atoms with E-state index in [1.54, 1.807) is 0 Å². The van der Waals surface area contributed by atoms with Gasteiger partial charge in [-0.05, 0) is 79.3 Å². The fraction of sp³-hybridized carbons (Fsp3) is 0.571. The molecular formula is C14H22INO. The lowest BCUT2D eigenvalue weighted by Crippen LogP contribution is -2.24. The van der Waals surface area contributed by atoms with Gasteiger partial charge in [0.15, 0.2) is 0 Å². The van der Waals surface area contributed by atoms with Gasteiger partial charge in [0.2, 0.25) is 0 Å². The second-order valence-corrected chi connectivity index (χ2v) is 5.28. The lowest BCUT2D eigenvalue weighted by molar-refractivity contribution is 0.266. The largest absolute Gasteiger partial charge is 0.494 e. The number of rotatable bonds is 8. The molecule has 1 rings (SSSR count). The van der Waals surface area contributed by atoms with Crippen LogP contribution >= 0.6 is 22.6 Å². The van der Waals surface area contributed by atoms with Crippen molar-refractivity contribution in [2.24, 2.45) is 0 Å².